The van der Waals surface area contributed by atoms with Crippen molar-refractivity contribution in [2.24, 2.45) is 0 Å². The lowest BCUT2D eigenvalue weighted by atomic mass is 10.1. The first-order chi connectivity index (χ1) is 10.0. The monoisotopic (exact) mass is 283 g/mol. The number of hydrogen-bond donors (Lipinski definition) is 2. The van der Waals surface area contributed by atoms with Gasteiger partial charge >= 0.3 is 0 Å². The van der Waals surface area contributed by atoms with Crippen molar-refractivity contribution in [3.63, 3.8) is 0 Å². The third-order valence-electron chi connectivity index (χ3n) is 3.47. The first-order valence-corrected chi connectivity index (χ1v) is 6.79. The summed E-state index contributed by atoms with van der Waals surface area (Å²) >= 11 is 0. The molecular formula is C15H17N5O. The second kappa shape index (κ2) is 5.05. The lowest BCUT2D eigenvalue weighted by Gasteiger charge is -2.06. The Balaban J connectivity index is 1.83. The van der Waals surface area contributed by atoms with Crippen molar-refractivity contribution >= 4 is 11.5 Å². The smallest absolute Gasteiger partial charge is 0.274 e. The van der Waals surface area contributed by atoms with Gasteiger partial charge < -0.3 is 5.32 Å². The average molecular weight is 283 g/mol. The van der Waals surface area contributed by atoms with Crippen LogP contribution in [0.2, 0.25) is 0 Å². The number of aryl methyl sites for hydroxylation is 3. The van der Waals surface area contributed by atoms with E-state index >= 15 is 0 Å². The fourth-order valence-corrected chi connectivity index (χ4v) is 2.15. The zero-order valence-electron chi connectivity index (χ0n) is 12.3. The van der Waals surface area contributed by atoms with Gasteiger partial charge in [0.05, 0.1) is 6.54 Å². The number of rotatable bonds is 3. The van der Waals surface area contributed by atoms with Crippen LogP contribution < -0.4 is 10.9 Å². The largest absolute Gasteiger partial charge is 0.378 e. The molecule has 2 heterocycles. The van der Waals surface area contributed by atoms with E-state index in [4.69, 9.17) is 0 Å². The minimum absolute atomic E-state index is 0.151. The highest BCUT2D eigenvalue weighted by atomic mass is 16.1. The molecular weight excluding hydrogens is 266 g/mol. The maximum absolute atomic E-state index is 11.8. The predicted octanol–water partition coefficient (Wildman–Crippen LogP) is 1.95. The normalized spacial score (nSPS) is 11.0. The van der Waals surface area contributed by atoms with Crippen molar-refractivity contribution in [3.05, 3.63) is 57.3 Å². The van der Waals surface area contributed by atoms with Gasteiger partial charge in [0.25, 0.3) is 11.3 Å². The molecule has 0 saturated heterocycles. The lowest BCUT2D eigenvalue weighted by Crippen LogP contribution is -2.14. The maximum atomic E-state index is 11.8. The number of aromatic nitrogens is 4. The molecule has 6 nitrogen and oxygen atoms in total. The van der Waals surface area contributed by atoms with Crippen LogP contribution >= 0.6 is 0 Å². The second-order valence-corrected chi connectivity index (χ2v) is 5.19. The number of fused-ring (bicyclic) bond motifs is 1. The van der Waals surface area contributed by atoms with E-state index in [2.05, 4.69) is 46.4 Å². The Morgan fingerprint density at radius 1 is 1.14 bits per heavy atom. The molecule has 3 aromatic rings. The zero-order chi connectivity index (χ0) is 15.0. The highest BCUT2D eigenvalue weighted by Gasteiger charge is 2.06. The molecule has 0 aliphatic heterocycles. The number of hydrogen-bond acceptors (Lipinski definition) is 4. The van der Waals surface area contributed by atoms with Crippen LogP contribution in [-0.4, -0.2) is 19.6 Å². The summed E-state index contributed by atoms with van der Waals surface area (Å²) in [5.74, 6) is 1.07. The summed E-state index contributed by atoms with van der Waals surface area (Å²) in [6.45, 7) is 6.44. The molecule has 0 saturated carbocycles. The molecule has 0 aliphatic rings. The number of H-pyrrole nitrogens is 1. The number of aromatic amines is 1. The van der Waals surface area contributed by atoms with E-state index in [9.17, 15) is 4.79 Å². The Labute approximate surface area is 121 Å². The summed E-state index contributed by atoms with van der Waals surface area (Å²) in [5, 5.41) is 6.24. The van der Waals surface area contributed by atoms with Gasteiger partial charge in [0.15, 0.2) is 0 Å². The van der Waals surface area contributed by atoms with Gasteiger partial charge in [-0.3, -0.25) is 9.89 Å². The van der Waals surface area contributed by atoms with Gasteiger partial charge in [-0.1, -0.05) is 6.07 Å². The lowest BCUT2D eigenvalue weighted by molar-refractivity contribution is 0.852. The quantitative estimate of drug-likeness (QED) is 0.770. The van der Waals surface area contributed by atoms with Crippen molar-refractivity contribution in [1.29, 1.82) is 0 Å². The highest BCUT2D eigenvalue weighted by molar-refractivity contribution is 5.48. The van der Waals surface area contributed by atoms with E-state index in [-0.39, 0.29) is 5.56 Å². The molecule has 0 fully saturated rings. The summed E-state index contributed by atoms with van der Waals surface area (Å²) in [7, 11) is 0. The fraction of sp³-hybridized carbons (Fsp3) is 0.267. The maximum Gasteiger partial charge on any atom is 0.274 e. The van der Waals surface area contributed by atoms with Gasteiger partial charge in [-0.05, 0) is 44.0 Å². The van der Waals surface area contributed by atoms with Gasteiger partial charge in [-0.2, -0.15) is 9.50 Å². The highest BCUT2D eigenvalue weighted by Crippen LogP contribution is 2.14. The third-order valence-corrected chi connectivity index (χ3v) is 3.47. The number of benzene rings is 1. The molecule has 6 heteroatoms. The van der Waals surface area contributed by atoms with Crippen molar-refractivity contribution in [3.8, 4) is 0 Å². The van der Waals surface area contributed by atoms with Crippen LogP contribution in [0, 0.1) is 20.8 Å². The molecule has 21 heavy (non-hydrogen) atoms. The standard InChI is InChI=1S/C15H17N5O/c1-9-4-5-12(6-10(9)2)16-8-13-18-15-17-11(3)7-14(21)20(15)19-13/h4-7,16H,8H2,1-3H3,(H,17,18,19). The number of nitrogens with zero attached hydrogens (tertiary/aromatic N) is 3. The molecule has 0 amide bonds. The van der Waals surface area contributed by atoms with Crippen LogP contribution in [-0.2, 0) is 6.54 Å². The molecule has 2 aromatic heterocycles. The third kappa shape index (κ3) is 2.65. The molecule has 2 N–H and O–H groups in total. The average Bonchev–Trinajstić information content (AvgIpc) is 2.83. The minimum Gasteiger partial charge on any atom is -0.378 e. The minimum atomic E-state index is -0.151. The molecule has 0 unspecified atom stereocenters. The van der Waals surface area contributed by atoms with E-state index in [1.165, 1.54) is 21.7 Å². The molecule has 3 rings (SSSR count). The molecule has 0 bridgehead atoms. The molecule has 0 radical (unpaired) electrons. The van der Waals surface area contributed by atoms with E-state index in [1.807, 2.05) is 6.07 Å². The Morgan fingerprint density at radius 3 is 2.71 bits per heavy atom. The van der Waals surface area contributed by atoms with Gasteiger partial charge in [0, 0.05) is 17.4 Å². The van der Waals surface area contributed by atoms with Crippen LogP contribution in [0.3, 0.4) is 0 Å². The Kier molecular flexibility index (Phi) is 3.21. The molecule has 108 valence electrons. The van der Waals surface area contributed by atoms with Crippen LogP contribution in [0.5, 0.6) is 0 Å². The van der Waals surface area contributed by atoms with Crippen LogP contribution in [0.25, 0.3) is 5.78 Å². The van der Waals surface area contributed by atoms with Crippen molar-refractivity contribution in [2.75, 3.05) is 5.32 Å². The number of anilines is 1. The van der Waals surface area contributed by atoms with Gasteiger partial charge in [0.2, 0.25) is 0 Å². The second-order valence-electron chi connectivity index (χ2n) is 5.19. The Bertz CT molecular complexity index is 862. The summed E-state index contributed by atoms with van der Waals surface area (Å²) in [6, 6.07) is 7.67. The SMILES string of the molecule is Cc1cc(=O)n2[nH]c(CNc3ccc(C)c(C)c3)nc2n1. The van der Waals surface area contributed by atoms with E-state index in [0.717, 1.165) is 5.69 Å². The number of nitrogens with one attached hydrogen (secondary N) is 2. The zero-order valence-corrected chi connectivity index (χ0v) is 12.3. The summed E-state index contributed by atoms with van der Waals surface area (Å²) in [4.78, 5) is 20.4. The topological polar surface area (TPSA) is 75.1 Å². The first-order valence-electron chi connectivity index (χ1n) is 6.79. The van der Waals surface area contributed by atoms with Gasteiger partial charge in [-0.25, -0.2) is 4.98 Å². The van der Waals surface area contributed by atoms with E-state index < -0.39 is 0 Å². The fourth-order valence-electron chi connectivity index (χ4n) is 2.15. The van der Waals surface area contributed by atoms with Gasteiger partial charge in [0.1, 0.15) is 5.82 Å². The summed E-state index contributed by atoms with van der Waals surface area (Å²) in [6.07, 6.45) is 0. The van der Waals surface area contributed by atoms with Crippen LogP contribution in [0.1, 0.15) is 22.6 Å². The first kappa shape index (κ1) is 13.4. The van der Waals surface area contributed by atoms with Crippen molar-refractivity contribution in [1.82, 2.24) is 19.6 Å². The van der Waals surface area contributed by atoms with E-state index in [0.29, 0.717) is 23.8 Å². The molecule has 0 atom stereocenters. The molecule has 0 spiro atoms. The van der Waals surface area contributed by atoms with Crippen LogP contribution in [0.15, 0.2) is 29.1 Å². The van der Waals surface area contributed by atoms with Crippen LogP contribution in [0.4, 0.5) is 5.69 Å². The van der Waals surface area contributed by atoms with Crippen molar-refractivity contribution < 1.29 is 0 Å². The van der Waals surface area contributed by atoms with Crippen molar-refractivity contribution in [2.45, 2.75) is 27.3 Å². The Hall–Kier alpha value is -2.63. The molecule has 1 aromatic carbocycles. The molecule has 0 aliphatic carbocycles. The Morgan fingerprint density at radius 2 is 1.95 bits per heavy atom. The summed E-state index contributed by atoms with van der Waals surface area (Å²) in [5.41, 5.74) is 4.03. The van der Waals surface area contributed by atoms with E-state index in [1.54, 1.807) is 6.92 Å². The summed E-state index contributed by atoms with van der Waals surface area (Å²) < 4.78 is 1.35. The van der Waals surface area contributed by atoms with Gasteiger partial charge in [-0.15, -0.1) is 0 Å². The predicted molar refractivity (Wildman–Crippen MR) is 81.6 cm³/mol.